The van der Waals surface area contributed by atoms with Gasteiger partial charge < -0.3 is 10.1 Å². The van der Waals surface area contributed by atoms with E-state index >= 15 is 0 Å². The molecule has 0 radical (unpaired) electrons. The molecule has 1 saturated heterocycles. The number of carbonyl (C=O) groups is 1. The zero-order valence-electron chi connectivity index (χ0n) is 17.7. The molecule has 0 spiro atoms. The number of halogens is 1. The third kappa shape index (κ3) is 5.66. The monoisotopic (exact) mass is 434 g/mol. The van der Waals surface area contributed by atoms with Crippen LogP contribution >= 0.6 is 11.6 Å². The summed E-state index contributed by atoms with van der Waals surface area (Å²) in [4.78, 5) is 14.8. The minimum absolute atomic E-state index is 0.0278. The van der Waals surface area contributed by atoms with Crippen molar-refractivity contribution in [1.29, 1.82) is 0 Å². The van der Waals surface area contributed by atoms with Crippen molar-refractivity contribution in [1.82, 2.24) is 4.90 Å². The molecule has 0 saturated carbocycles. The van der Waals surface area contributed by atoms with Crippen molar-refractivity contribution >= 4 is 23.2 Å². The molecule has 3 aromatic carbocycles. The molecule has 4 nitrogen and oxygen atoms in total. The first-order valence-electron chi connectivity index (χ1n) is 10.7. The Kier molecular flexibility index (Phi) is 6.90. The Morgan fingerprint density at radius 3 is 2.13 bits per heavy atom. The Hall–Kier alpha value is -2.82. The van der Waals surface area contributed by atoms with Gasteiger partial charge in [0.2, 0.25) is 0 Å². The van der Waals surface area contributed by atoms with Crippen LogP contribution in [0.25, 0.3) is 11.1 Å². The van der Waals surface area contributed by atoms with Gasteiger partial charge in [0.15, 0.2) is 6.61 Å². The highest BCUT2D eigenvalue weighted by Crippen LogP contribution is 2.26. The van der Waals surface area contributed by atoms with E-state index in [-0.39, 0.29) is 12.5 Å². The average molecular weight is 435 g/mol. The smallest absolute Gasteiger partial charge is 0.262 e. The molecular weight excluding hydrogens is 408 g/mol. The fourth-order valence-electron chi connectivity index (χ4n) is 3.92. The van der Waals surface area contributed by atoms with E-state index in [1.165, 1.54) is 31.5 Å². The van der Waals surface area contributed by atoms with Gasteiger partial charge in [-0.25, -0.2) is 0 Å². The fraction of sp³-hybridized carbons (Fsp3) is 0.269. The summed E-state index contributed by atoms with van der Waals surface area (Å²) in [5.41, 5.74) is 4.16. The molecule has 3 aromatic rings. The summed E-state index contributed by atoms with van der Waals surface area (Å²) >= 11 is 5.94. The lowest BCUT2D eigenvalue weighted by Gasteiger charge is -2.24. The van der Waals surface area contributed by atoms with Gasteiger partial charge in [0, 0.05) is 16.8 Å². The predicted octanol–water partition coefficient (Wildman–Crippen LogP) is 6.18. The summed E-state index contributed by atoms with van der Waals surface area (Å²) in [6.45, 7) is 4.55. The van der Waals surface area contributed by atoms with Crippen molar-refractivity contribution in [2.45, 2.75) is 25.8 Å². The number of hydrogen-bond donors (Lipinski definition) is 1. The molecule has 160 valence electrons. The number of nitrogens with one attached hydrogen (secondary N) is 1. The molecule has 1 aliphatic rings. The number of nitrogens with zero attached hydrogens (tertiary/aromatic N) is 1. The Morgan fingerprint density at radius 2 is 1.52 bits per heavy atom. The third-order valence-electron chi connectivity index (χ3n) is 5.77. The van der Waals surface area contributed by atoms with Crippen LogP contribution in [0.15, 0.2) is 72.8 Å². The van der Waals surface area contributed by atoms with Gasteiger partial charge in [0.05, 0.1) is 0 Å². The largest absolute Gasteiger partial charge is 0.484 e. The zero-order chi connectivity index (χ0) is 21.6. The van der Waals surface area contributed by atoms with Gasteiger partial charge in [-0.05, 0) is 85.9 Å². The highest BCUT2D eigenvalue weighted by molar-refractivity contribution is 6.30. The zero-order valence-corrected chi connectivity index (χ0v) is 18.4. The molecule has 0 bridgehead atoms. The number of likely N-dealkylation sites (tertiary alicyclic amines) is 1. The number of amides is 1. The van der Waals surface area contributed by atoms with Crippen molar-refractivity contribution < 1.29 is 9.53 Å². The second-order valence-electron chi connectivity index (χ2n) is 7.91. The van der Waals surface area contributed by atoms with Crippen LogP contribution in [0.2, 0.25) is 5.02 Å². The fourth-order valence-corrected chi connectivity index (χ4v) is 4.04. The maximum atomic E-state index is 12.3. The molecule has 0 aliphatic carbocycles. The Labute approximate surface area is 188 Å². The number of anilines is 1. The molecule has 0 aromatic heterocycles. The molecule has 1 unspecified atom stereocenters. The van der Waals surface area contributed by atoms with Crippen molar-refractivity contribution in [3.05, 3.63) is 83.4 Å². The maximum Gasteiger partial charge on any atom is 0.262 e. The highest BCUT2D eigenvalue weighted by Gasteiger charge is 2.19. The number of benzene rings is 3. The lowest BCUT2D eigenvalue weighted by Crippen LogP contribution is -2.23. The summed E-state index contributed by atoms with van der Waals surface area (Å²) < 4.78 is 5.67. The molecule has 31 heavy (non-hydrogen) atoms. The van der Waals surface area contributed by atoms with Gasteiger partial charge in [-0.1, -0.05) is 48.0 Å². The van der Waals surface area contributed by atoms with Crippen LogP contribution in [0.3, 0.4) is 0 Å². The van der Waals surface area contributed by atoms with E-state index < -0.39 is 0 Å². The summed E-state index contributed by atoms with van der Waals surface area (Å²) in [6.07, 6.45) is 2.56. The number of carbonyl (C=O) groups excluding carboxylic acids is 1. The van der Waals surface area contributed by atoms with Gasteiger partial charge in [-0.15, -0.1) is 0 Å². The summed E-state index contributed by atoms with van der Waals surface area (Å²) in [7, 11) is 0. The molecule has 1 N–H and O–H groups in total. The van der Waals surface area contributed by atoms with Crippen molar-refractivity contribution in [3.8, 4) is 16.9 Å². The van der Waals surface area contributed by atoms with Crippen LogP contribution in [-0.2, 0) is 4.79 Å². The lowest BCUT2D eigenvalue weighted by atomic mass is 10.1. The quantitative estimate of drug-likeness (QED) is 0.482. The van der Waals surface area contributed by atoms with Crippen LogP contribution in [0, 0.1) is 0 Å². The standard InChI is InChI=1S/C26H27ClN2O2/c1-19(29-16-2-3-17-29)20-8-14-25(15-9-20)31-18-26(30)28-24-12-6-22(7-13-24)21-4-10-23(27)11-5-21/h4-15,19H,2-3,16-18H2,1H3,(H,28,30). The van der Waals surface area contributed by atoms with E-state index in [0.29, 0.717) is 16.8 Å². The van der Waals surface area contributed by atoms with Gasteiger partial charge in [0.1, 0.15) is 5.75 Å². The van der Waals surface area contributed by atoms with Crippen LogP contribution in [0.5, 0.6) is 5.75 Å². The van der Waals surface area contributed by atoms with Crippen molar-refractivity contribution in [2.24, 2.45) is 0 Å². The van der Waals surface area contributed by atoms with E-state index in [0.717, 1.165) is 16.8 Å². The van der Waals surface area contributed by atoms with E-state index in [9.17, 15) is 4.79 Å². The Morgan fingerprint density at radius 1 is 0.935 bits per heavy atom. The molecule has 1 amide bonds. The van der Waals surface area contributed by atoms with E-state index in [1.54, 1.807) is 0 Å². The number of ether oxygens (including phenoxy) is 1. The summed E-state index contributed by atoms with van der Waals surface area (Å²) in [5, 5.41) is 3.59. The Bertz CT molecular complexity index is 995. The minimum Gasteiger partial charge on any atom is -0.484 e. The lowest BCUT2D eigenvalue weighted by molar-refractivity contribution is -0.118. The van der Waals surface area contributed by atoms with E-state index in [1.807, 2.05) is 60.7 Å². The van der Waals surface area contributed by atoms with Crippen LogP contribution in [-0.4, -0.2) is 30.5 Å². The van der Waals surface area contributed by atoms with Gasteiger partial charge in [-0.2, -0.15) is 0 Å². The molecule has 1 aliphatic heterocycles. The minimum atomic E-state index is -0.186. The van der Waals surface area contributed by atoms with Crippen LogP contribution in [0.1, 0.15) is 31.4 Å². The van der Waals surface area contributed by atoms with Crippen LogP contribution in [0.4, 0.5) is 5.69 Å². The number of hydrogen-bond acceptors (Lipinski definition) is 3. The van der Waals surface area contributed by atoms with Gasteiger partial charge in [0.25, 0.3) is 5.91 Å². The normalized spacial score (nSPS) is 14.9. The molecule has 5 heteroatoms. The predicted molar refractivity (Wildman–Crippen MR) is 127 cm³/mol. The summed E-state index contributed by atoms with van der Waals surface area (Å²) in [6, 6.07) is 23.9. The van der Waals surface area contributed by atoms with E-state index in [4.69, 9.17) is 16.3 Å². The third-order valence-corrected chi connectivity index (χ3v) is 6.02. The Balaban J connectivity index is 1.27. The van der Waals surface area contributed by atoms with Gasteiger partial charge >= 0.3 is 0 Å². The van der Waals surface area contributed by atoms with Gasteiger partial charge in [-0.3, -0.25) is 9.69 Å². The second kappa shape index (κ2) is 9.99. The topological polar surface area (TPSA) is 41.6 Å². The first-order chi connectivity index (χ1) is 15.1. The van der Waals surface area contributed by atoms with Crippen molar-refractivity contribution in [3.63, 3.8) is 0 Å². The molecule has 1 fully saturated rings. The van der Waals surface area contributed by atoms with Crippen LogP contribution < -0.4 is 10.1 Å². The average Bonchev–Trinajstić information content (AvgIpc) is 3.34. The molecular formula is C26H27ClN2O2. The molecule has 4 rings (SSSR count). The summed E-state index contributed by atoms with van der Waals surface area (Å²) in [5.74, 6) is 0.513. The molecule has 1 atom stereocenters. The highest BCUT2D eigenvalue weighted by atomic mass is 35.5. The number of rotatable bonds is 7. The van der Waals surface area contributed by atoms with Crippen molar-refractivity contribution in [2.75, 3.05) is 25.0 Å². The first-order valence-corrected chi connectivity index (χ1v) is 11.1. The van der Waals surface area contributed by atoms with E-state index in [2.05, 4.69) is 29.3 Å². The molecule has 1 heterocycles. The second-order valence-corrected chi connectivity index (χ2v) is 8.35. The first kappa shape index (κ1) is 21.4. The maximum absolute atomic E-state index is 12.3. The SMILES string of the molecule is CC(c1ccc(OCC(=O)Nc2ccc(-c3ccc(Cl)cc3)cc2)cc1)N1CCCC1.